The van der Waals surface area contributed by atoms with Crippen molar-refractivity contribution in [3.63, 3.8) is 0 Å². The van der Waals surface area contributed by atoms with Crippen molar-refractivity contribution in [3.8, 4) is 5.75 Å². The Morgan fingerprint density at radius 2 is 1.97 bits per heavy atom. The number of ether oxygens (including phenoxy) is 1. The Bertz CT molecular complexity index is 966. The highest BCUT2D eigenvalue weighted by atomic mass is 35.5. The summed E-state index contributed by atoms with van der Waals surface area (Å²) in [4.78, 5) is 29.5. The van der Waals surface area contributed by atoms with Gasteiger partial charge in [0.05, 0.1) is 23.5 Å². The molecule has 1 fully saturated rings. The van der Waals surface area contributed by atoms with E-state index >= 15 is 0 Å². The lowest BCUT2D eigenvalue weighted by molar-refractivity contribution is -0.140. The fourth-order valence-electron chi connectivity index (χ4n) is 3.71. The fourth-order valence-corrected chi connectivity index (χ4v) is 3.89. The molecule has 166 valence electrons. The van der Waals surface area contributed by atoms with Crippen molar-refractivity contribution in [1.82, 2.24) is 9.80 Å². The summed E-state index contributed by atoms with van der Waals surface area (Å²) in [5.41, 5.74) is 0.329. The van der Waals surface area contributed by atoms with Crippen LogP contribution in [0.15, 0.2) is 46.6 Å². The van der Waals surface area contributed by atoms with Crippen molar-refractivity contribution in [2.45, 2.75) is 26.8 Å². The van der Waals surface area contributed by atoms with Crippen molar-refractivity contribution in [2.24, 2.45) is 0 Å². The standard InChI is InChI=1S/C23H27ClN2O5/c1-4-25(5-2)11-12-26-20(17-8-7-13-31-17)19(22(28)23(26)29)21(27)15-9-10-16(24)18(14-15)30-6-3/h7-10,13-14,20,27H,4-6,11-12H2,1-3H3/b21-19-. The number of furan rings is 1. The molecule has 31 heavy (non-hydrogen) atoms. The quantitative estimate of drug-likeness (QED) is 0.355. The van der Waals surface area contributed by atoms with Crippen LogP contribution in [-0.2, 0) is 9.59 Å². The maximum Gasteiger partial charge on any atom is 0.295 e. The topological polar surface area (TPSA) is 83.2 Å². The predicted molar refractivity (Wildman–Crippen MR) is 118 cm³/mol. The second-order valence-electron chi connectivity index (χ2n) is 7.11. The first-order valence-corrected chi connectivity index (χ1v) is 10.8. The molecule has 0 spiro atoms. The van der Waals surface area contributed by atoms with Gasteiger partial charge in [-0.1, -0.05) is 25.4 Å². The summed E-state index contributed by atoms with van der Waals surface area (Å²) in [7, 11) is 0. The number of amides is 1. The highest BCUT2D eigenvalue weighted by Gasteiger charge is 2.47. The summed E-state index contributed by atoms with van der Waals surface area (Å²) in [6.45, 7) is 8.89. The second-order valence-corrected chi connectivity index (χ2v) is 7.52. The first-order chi connectivity index (χ1) is 14.9. The molecule has 3 rings (SSSR count). The summed E-state index contributed by atoms with van der Waals surface area (Å²) in [5, 5.41) is 11.5. The molecule has 1 aliphatic heterocycles. The van der Waals surface area contributed by atoms with Crippen LogP contribution in [0.1, 0.15) is 38.1 Å². The molecule has 1 aromatic carbocycles. The SMILES string of the molecule is CCOc1cc(/C(O)=C2/C(=O)C(=O)N(CCN(CC)CC)C2c2ccco2)ccc1Cl. The molecule has 7 nitrogen and oxygen atoms in total. The normalized spacial score (nSPS) is 18.2. The molecule has 2 aromatic rings. The predicted octanol–water partition coefficient (Wildman–Crippen LogP) is 4.10. The molecule has 1 unspecified atom stereocenters. The van der Waals surface area contributed by atoms with Crippen molar-refractivity contribution in [2.75, 3.05) is 32.8 Å². The number of aliphatic hydroxyl groups excluding tert-OH is 1. The second kappa shape index (κ2) is 10.0. The van der Waals surface area contributed by atoms with Gasteiger partial charge in [-0.15, -0.1) is 0 Å². The highest BCUT2D eigenvalue weighted by Crippen LogP contribution is 2.40. The number of aliphatic hydroxyl groups is 1. The number of rotatable bonds is 9. The maximum atomic E-state index is 13.0. The van der Waals surface area contributed by atoms with Crippen LogP contribution in [0.5, 0.6) is 5.75 Å². The van der Waals surface area contributed by atoms with E-state index in [1.807, 2.05) is 20.8 Å². The van der Waals surface area contributed by atoms with Crippen LogP contribution >= 0.6 is 11.6 Å². The van der Waals surface area contributed by atoms with Gasteiger partial charge in [0.15, 0.2) is 0 Å². The number of carbonyl (C=O) groups excluding carboxylic acids is 2. The van der Waals surface area contributed by atoms with E-state index in [1.165, 1.54) is 11.2 Å². The molecule has 0 saturated carbocycles. The minimum absolute atomic E-state index is 0.00994. The van der Waals surface area contributed by atoms with Gasteiger partial charge in [0, 0.05) is 18.7 Å². The van der Waals surface area contributed by atoms with E-state index in [0.717, 1.165) is 13.1 Å². The van der Waals surface area contributed by atoms with Crippen LogP contribution in [0.25, 0.3) is 5.76 Å². The summed E-state index contributed by atoms with van der Waals surface area (Å²) in [6, 6.07) is 7.31. The van der Waals surface area contributed by atoms with Gasteiger partial charge in [-0.05, 0) is 50.3 Å². The number of likely N-dealkylation sites (N-methyl/N-ethyl adjacent to an activating group) is 1. The van der Waals surface area contributed by atoms with Crippen LogP contribution in [0.3, 0.4) is 0 Å². The van der Waals surface area contributed by atoms with Gasteiger partial charge in [-0.3, -0.25) is 9.59 Å². The van der Waals surface area contributed by atoms with Crippen molar-refractivity contribution >= 4 is 29.1 Å². The van der Waals surface area contributed by atoms with Crippen LogP contribution in [0.2, 0.25) is 5.02 Å². The zero-order valence-corrected chi connectivity index (χ0v) is 18.7. The Hall–Kier alpha value is -2.77. The Kier molecular flexibility index (Phi) is 7.41. The minimum atomic E-state index is -0.809. The molecule has 1 N–H and O–H groups in total. The molecule has 1 aliphatic rings. The number of ketones is 1. The molecular weight excluding hydrogens is 420 g/mol. The lowest BCUT2D eigenvalue weighted by atomic mass is 9.99. The van der Waals surface area contributed by atoms with E-state index in [1.54, 1.807) is 30.3 Å². The zero-order valence-electron chi connectivity index (χ0n) is 17.9. The molecule has 1 aromatic heterocycles. The Morgan fingerprint density at radius 1 is 1.23 bits per heavy atom. The number of nitrogens with zero attached hydrogens (tertiary/aromatic N) is 2. The number of carbonyl (C=O) groups is 2. The molecule has 1 atom stereocenters. The average Bonchev–Trinajstić information content (AvgIpc) is 3.38. The molecule has 1 amide bonds. The number of hydrogen-bond acceptors (Lipinski definition) is 6. The van der Waals surface area contributed by atoms with Crippen LogP contribution in [-0.4, -0.2) is 59.4 Å². The zero-order chi connectivity index (χ0) is 22.5. The van der Waals surface area contributed by atoms with E-state index in [-0.39, 0.29) is 11.3 Å². The number of hydrogen-bond donors (Lipinski definition) is 1. The van der Waals surface area contributed by atoms with Crippen LogP contribution in [0, 0.1) is 0 Å². The average molecular weight is 447 g/mol. The first-order valence-electron chi connectivity index (χ1n) is 10.4. The van der Waals surface area contributed by atoms with Gasteiger partial charge < -0.3 is 24.1 Å². The fraction of sp³-hybridized carbons (Fsp3) is 0.391. The monoisotopic (exact) mass is 446 g/mol. The number of halogens is 1. The van der Waals surface area contributed by atoms with Gasteiger partial charge >= 0.3 is 0 Å². The van der Waals surface area contributed by atoms with Gasteiger partial charge in [0.1, 0.15) is 23.3 Å². The van der Waals surface area contributed by atoms with E-state index in [4.69, 9.17) is 20.8 Å². The lowest BCUT2D eigenvalue weighted by Gasteiger charge is -2.26. The first kappa shape index (κ1) is 22.9. The van der Waals surface area contributed by atoms with Gasteiger partial charge in [0.25, 0.3) is 11.7 Å². The summed E-state index contributed by atoms with van der Waals surface area (Å²) < 4.78 is 11.0. The Morgan fingerprint density at radius 3 is 2.58 bits per heavy atom. The lowest BCUT2D eigenvalue weighted by Crippen LogP contribution is -2.37. The van der Waals surface area contributed by atoms with Crippen LogP contribution in [0.4, 0.5) is 0 Å². The van der Waals surface area contributed by atoms with Gasteiger partial charge in [-0.25, -0.2) is 0 Å². The molecule has 0 radical (unpaired) electrons. The van der Waals surface area contributed by atoms with Crippen molar-refractivity contribution in [1.29, 1.82) is 0 Å². The highest BCUT2D eigenvalue weighted by molar-refractivity contribution is 6.46. The Balaban J connectivity index is 2.06. The molecule has 1 saturated heterocycles. The Labute approximate surface area is 186 Å². The molecule has 8 heteroatoms. The maximum absolute atomic E-state index is 13.0. The van der Waals surface area contributed by atoms with E-state index in [2.05, 4.69) is 4.90 Å². The van der Waals surface area contributed by atoms with Crippen LogP contribution < -0.4 is 4.74 Å². The summed E-state index contributed by atoms with van der Waals surface area (Å²) in [5.74, 6) is -0.888. The van der Waals surface area contributed by atoms with Crippen molar-refractivity contribution in [3.05, 3.63) is 58.5 Å². The smallest absolute Gasteiger partial charge is 0.295 e. The largest absolute Gasteiger partial charge is 0.507 e. The third-order valence-corrected chi connectivity index (χ3v) is 5.72. The molecular formula is C23H27ClN2O5. The molecule has 0 bridgehead atoms. The van der Waals surface area contributed by atoms with Gasteiger partial charge in [0.2, 0.25) is 0 Å². The minimum Gasteiger partial charge on any atom is -0.507 e. The third-order valence-electron chi connectivity index (χ3n) is 5.41. The number of likely N-dealkylation sites (tertiary alicyclic amines) is 1. The van der Waals surface area contributed by atoms with Crippen molar-refractivity contribution < 1.29 is 23.8 Å². The van der Waals surface area contributed by atoms with E-state index in [9.17, 15) is 14.7 Å². The van der Waals surface area contributed by atoms with Gasteiger partial charge in [-0.2, -0.15) is 0 Å². The number of Topliss-reactive ketones (excluding diaryl/α,β-unsaturated/α-hetero) is 1. The van der Waals surface area contributed by atoms with E-state index < -0.39 is 17.7 Å². The third kappa shape index (κ3) is 4.62. The molecule has 0 aliphatic carbocycles. The van der Waals surface area contributed by atoms with E-state index in [0.29, 0.717) is 41.8 Å². The summed E-state index contributed by atoms with van der Waals surface area (Å²) in [6.07, 6.45) is 1.48. The summed E-state index contributed by atoms with van der Waals surface area (Å²) >= 11 is 6.15. The number of benzene rings is 1. The molecule has 2 heterocycles.